The Morgan fingerprint density at radius 3 is 2.33 bits per heavy atom. The molecule has 0 rings (SSSR count). The maximum Gasteiger partial charge on any atom is 0.00320 e. The first-order valence-electron chi connectivity index (χ1n) is 3.40. The standard InChI is InChI=1S/C7H16N2/c1-6(2)9-5-7(3)4-8/h4,6-9H,5H2,1-3H3. The van der Waals surface area contributed by atoms with Gasteiger partial charge in [-0.25, -0.2) is 0 Å². The molecule has 2 N–H and O–H groups in total. The molecule has 0 aliphatic heterocycles. The molecule has 0 spiro atoms. The summed E-state index contributed by atoms with van der Waals surface area (Å²) in [6.07, 6.45) is 1.47. The first-order valence-corrected chi connectivity index (χ1v) is 3.40. The van der Waals surface area contributed by atoms with Gasteiger partial charge in [0, 0.05) is 18.5 Å². The van der Waals surface area contributed by atoms with Crippen LogP contribution in [0.2, 0.25) is 0 Å². The summed E-state index contributed by atoms with van der Waals surface area (Å²) in [7, 11) is 0. The van der Waals surface area contributed by atoms with Gasteiger partial charge in [0.2, 0.25) is 0 Å². The summed E-state index contributed by atoms with van der Waals surface area (Å²) < 4.78 is 0. The number of hydrogen-bond donors (Lipinski definition) is 2. The van der Waals surface area contributed by atoms with Gasteiger partial charge in [-0.3, -0.25) is 0 Å². The fourth-order valence-electron chi connectivity index (χ4n) is 0.481. The third-order valence-electron chi connectivity index (χ3n) is 1.13. The monoisotopic (exact) mass is 128 g/mol. The zero-order valence-corrected chi connectivity index (χ0v) is 6.44. The predicted octanol–water partition coefficient (Wildman–Crippen LogP) is 1.27. The zero-order chi connectivity index (χ0) is 7.28. The molecular formula is C7H16N2. The fraction of sp³-hybridized carbons (Fsp3) is 0.857. The maximum absolute atomic E-state index is 6.89. The van der Waals surface area contributed by atoms with Crippen LogP contribution >= 0.6 is 0 Å². The molecule has 1 atom stereocenters. The molecule has 0 aliphatic rings. The molecule has 0 saturated heterocycles. The Morgan fingerprint density at radius 2 is 2.00 bits per heavy atom. The van der Waals surface area contributed by atoms with Gasteiger partial charge >= 0.3 is 0 Å². The van der Waals surface area contributed by atoms with Crippen molar-refractivity contribution < 1.29 is 0 Å². The number of rotatable bonds is 4. The van der Waals surface area contributed by atoms with E-state index in [9.17, 15) is 0 Å². The van der Waals surface area contributed by atoms with Gasteiger partial charge < -0.3 is 10.7 Å². The second-order valence-electron chi connectivity index (χ2n) is 2.71. The Morgan fingerprint density at radius 1 is 1.44 bits per heavy atom. The van der Waals surface area contributed by atoms with Crippen molar-refractivity contribution in [2.45, 2.75) is 26.8 Å². The van der Waals surface area contributed by atoms with Crippen molar-refractivity contribution in [2.24, 2.45) is 5.92 Å². The lowest BCUT2D eigenvalue weighted by atomic mass is 10.2. The molecule has 0 saturated carbocycles. The second kappa shape index (κ2) is 4.50. The van der Waals surface area contributed by atoms with E-state index >= 15 is 0 Å². The van der Waals surface area contributed by atoms with Gasteiger partial charge in [-0.2, -0.15) is 0 Å². The molecule has 2 nitrogen and oxygen atoms in total. The first kappa shape index (κ1) is 8.63. The molecule has 0 fully saturated rings. The van der Waals surface area contributed by atoms with Crippen molar-refractivity contribution in [3.8, 4) is 0 Å². The molecule has 0 bridgehead atoms. The van der Waals surface area contributed by atoms with Crippen LogP contribution in [0.4, 0.5) is 0 Å². The molecule has 0 heterocycles. The van der Waals surface area contributed by atoms with Crippen LogP contribution < -0.4 is 5.32 Å². The van der Waals surface area contributed by atoms with E-state index in [1.807, 2.05) is 6.92 Å². The largest absolute Gasteiger partial charge is 0.314 e. The Labute approximate surface area is 57.2 Å². The Balaban J connectivity index is 3.16. The topological polar surface area (TPSA) is 35.9 Å². The summed E-state index contributed by atoms with van der Waals surface area (Å²) in [5, 5.41) is 10.1. The normalized spacial score (nSPS) is 13.8. The van der Waals surface area contributed by atoms with Crippen LogP contribution in [-0.2, 0) is 0 Å². The van der Waals surface area contributed by atoms with Crippen molar-refractivity contribution in [3.05, 3.63) is 0 Å². The summed E-state index contributed by atoms with van der Waals surface area (Å²) in [5.41, 5.74) is 0. The van der Waals surface area contributed by atoms with Gasteiger partial charge in [-0.05, 0) is 6.21 Å². The summed E-state index contributed by atoms with van der Waals surface area (Å²) >= 11 is 0. The van der Waals surface area contributed by atoms with E-state index in [1.165, 1.54) is 6.21 Å². The van der Waals surface area contributed by atoms with Gasteiger partial charge in [-0.1, -0.05) is 20.8 Å². The van der Waals surface area contributed by atoms with E-state index in [1.54, 1.807) is 0 Å². The van der Waals surface area contributed by atoms with Gasteiger partial charge in [0.15, 0.2) is 0 Å². The summed E-state index contributed by atoms with van der Waals surface area (Å²) in [6, 6.07) is 0.535. The van der Waals surface area contributed by atoms with E-state index in [4.69, 9.17) is 5.41 Å². The minimum atomic E-state index is 0.368. The Kier molecular flexibility index (Phi) is 4.32. The third-order valence-corrected chi connectivity index (χ3v) is 1.13. The lowest BCUT2D eigenvalue weighted by Crippen LogP contribution is -2.28. The van der Waals surface area contributed by atoms with Gasteiger partial charge in [0.1, 0.15) is 0 Å². The van der Waals surface area contributed by atoms with Crippen molar-refractivity contribution in [2.75, 3.05) is 6.54 Å². The van der Waals surface area contributed by atoms with Crippen molar-refractivity contribution >= 4 is 6.21 Å². The molecular weight excluding hydrogens is 112 g/mol. The first-order chi connectivity index (χ1) is 4.16. The van der Waals surface area contributed by atoms with E-state index in [0.29, 0.717) is 12.0 Å². The highest BCUT2D eigenvalue weighted by atomic mass is 14.9. The second-order valence-corrected chi connectivity index (χ2v) is 2.71. The summed E-state index contributed by atoms with van der Waals surface area (Å²) in [5.74, 6) is 0.368. The predicted molar refractivity (Wildman–Crippen MR) is 41.1 cm³/mol. The van der Waals surface area contributed by atoms with Gasteiger partial charge in [0.25, 0.3) is 0 Å². The van der Waals surface area contributed by atoms with E-state index in [-0.39, 0.29) is 0 Å². The molecule has 0 amide bonds. The highest BCUT2D eigenvalue weighted by molar-refractivity contribution is 5.56. The molecule has 0 aromatic carbocycles. The molecule has 0 radical (unpaired) electrons. The van der Waals surface area contributed by atoms with Crippen LogP contribution in [0.1, 0.15) is 20.8 Å². The third kappa shape index (κ3) is 5.50. The van der Waals surface area contributed by atoms with Crippen molar-refractivity contribution in [1.82, 2.24) is 5.32 Å². The van der Waals surface area contributed by atoms with Gasteiger partial charge in [0.05, 0.1) is 0 Å². The zero-order valence-electron chi connectivity index (χ0n) is 6.44. The van der Waals surface area contributed by atoms with Crippen LogP contribution in [0, 0.1) is 11.3 Å². The van der Waals surface area contributed by atoms with Crippen LogP contribution in [0.5, 0.6) is 0 Å². The van der Waals surface area contributed by atoms with Gasteiger partial charge in [-0.15, -0.1) is 0 Å². The molecule has 0 aromatic rings. The maximum atomic E-state index is 6.89. The van der Waals surface area contributed by atoms with Crippen LogP contribution in [-0.4, -0.2) is 18.8 Å². The molecule has 54 valence electrons. The highest BCUT2D eigenvalue weighted by Gasteiger charge is 1.96. The minimum Gasteiger partial charge on any atom is -0.314 e. The average Bonchev–Trinajstić information content (AvgIpc) is 1.83. The quantitative estimate of drug-likeness (QED) is 0.549. The van der Waals surface area contributed by atoms with E-state index in [0.717, 1.165) is 6.54 Å². The van der Waals surface area contributed by atoms with E-state index < -0.39 is 0 Å². The SMILES string of the molecule is CC(C=N)CNC(C)C. The Hall–Kier alpha value is -0.370. The van der Waals surface area contributed by atoms with Crippen LogP contribution in [0.15, 0.2) is 0 Å². The van der Waals surface area contributed by atoms with Crippen LogP contribution in [0.25, 0.3) is 0 Å². The highest BCUT2D eigenvalue weighted by Crippen LogP contribution is 1.86. The lowest BCUT2D eigenvalue weighted by molar-refractivity contribution is 0.550. The number of nitrogens with one attached hydrogen (secondary N) is 2. The molecule has 1 unspecified atom stereocenters. The lowest BCUT2D eigenvalue weighted by Gasteiger charge is -2.09. The smallest absolute Gasteiger partial charge is 0.00320 e. The molecule has 2 heteroatoms. The molecule has 0 aromatic heterocycles. The summed E-state index contributed by atoms with van der Waals surface area (Å²) in [6.45, 7) is 7.16. The van der Waals surface area contributed by atoms with Crippen molar-refractivity contribution in [3.63, 3.8) is 0 Å². The Bertz CT molecular complexity index is 79.0. The van der Waals surface area contributed by atoms with Crippen LogP contribution in [0.3, 0.4) is 0 Å². The molecule has 0 aliphatic carbocycles. The summed E-state index contributed by atoms with van der Waals surface area (Å²) in [4.78, 5) is 0. The fourth-order valence-corrected chi connectivity index (χ4v) is 0.481. The van der Waals surface area contributed by atoms with Crippen molar-refractivity contribution in [1.29, 1.82) is 5.41 Å². The number of hydrogen-bond acceptors (Lipinski definition) is 2. The average molecular weight is 128 g/mol. The molecule has 9 heavy (non-hydrogen) atoms. The minimum absolute atomic E-state index is 0.368. The van der Waals surface area contributed by atoms with E-state index in [2.05, 4.69) is 19.2 Å².